The number of benzene rings is 1. The first-order valence-electron chi connectivity index (χ1n) is 7.62. The fraction of sp³-hybridized carbons (Fsp3) is 0.438. The van der Waals surface area contributed by atoms with Crippen molar-refractivity contribution in [2.75, 3.05) is 13.1 Å². The highest BCUT2D eigenvalue weighted by Crippen LogP contribution is 2.24. The van der Waals surface area contributed by atoms with Crippen molar-refractivity contribution >= 4 is 18.3 Å². The molecule has 8 heteroatoms. The van der Waals surface area contributed by atoms with Gasteiger partial charge in [0.2, 0.25) is 11.8 Å². The quantitative estimate of drug-likeness (QED) is 0.858. The SMILES string of the molecule is Cc1nc(C(NC(=O)C(C)C2CNC2)c2ccccc2F)no1.Cl. The van der Waals surface area contributed by atoms with Crippen LogP contribution in [-0.2, 0) is 4.79 Å². The molecule has 2 heterocycles. The molecule has 1 aliphatic heterocycles. The molecule has 2 atom stereocenters. The average Bonchev–Trinajstić information content (AvgIpc) is 2.90. The van der Waals surface area contributed by atoms with Gasteiger partial charge in [0.05, 0.1) is 0 Å². The molecular weight excluding hydrogens is 335 g/mol. The van der Waals surface area contributed by atoms with Crippen LogP contribution in [0.25, 0.3) is 0 Å². The first kappa shape index (κ1) is 18.4. The van der Waals surface area contributed by atoms with Crippen molar-refractivity contribution in [1.29, 1.82) is 0 Å². The second-order valence-electron chi connectivity index (χ2n) is 5.84. The van der Waals surface area contributed by atoms with Crippen molar-refractivity contribution in [3.8, 4) is 0 Å². The van der Waals surface area contributed by atoms with Crippen molar-refractivity contribution in [1.82, 2.24) is 20.8 Å². The van der Waals surface area contributed by atoms with Gasteiger partial charge in [0.25, 0.3) is 0 Å². The summed E-state index contributed by atoms with van der Waals surface area (Å²) in [6.45, 7) is 5.17. The Bertz CT molecular complexity index is 705. The number of hydrogen-bond acceptors (Lipinski definition) is 5. The van der Waals surface area contributed by atoms with E-state index in [2.05, 4.69) is 20.8 Å². The van der Waals surface area contributed by atoms with E-state index in [1.54, 1.807) is 25.1 Å². The van der Waals surface area contributed by atoms with Crippen LogP contribution in [0, 0.1) is 24.6 Å². The molecule has 2 N–H and O–H groups in total. The highest BCUT2D eigenvalue weighted by atomic mass is 35.5. The topological polar surface area (TPSA) is 80.0 Å². The molecule has 2 unspecified atom stereocenters. The molecule has 2 aromatic rings. The number of aryl methyl sites for hydroxylation is 1. The van der Waals surface area contributed by atoms with E-state index in [-0.39, 0.29) is 30.1 Å². The molecule has 3 rings (SSSR count). The van der Waals surface area contributed by atoms with Crippen LogP contribution < -0.4 is 10.6 Å². The Hall–Kier alpha value is -1.99. The molecule has 1 aromatic heterocycles. The van der Waals surface area contributed by atoms with Crippen LogP contribution in [0.1, 0.15) is 30.2 Å². The minimum atomic E-state index is -0.767. The van der Waals surface area contributed by atoms with Crippen LogP contribution in [0.2, 0.25) is 0 Å². The lowest BCUT2D eigenvalue weighted by Gasteiger charge is -2.32. The number of nitrogens with one attached hydrogen (secondary N) is 2. The molecule has 1 aliphatic rings. The maximum absolute atomic E-state index is 14.2. The minimum absolute atomic E-state index is 0. The van der Waals surface area contributed by atoms with E-state index in [1.807, 2.05) is 6.92 Å². The number of rotatable bonds is 5. The van der Waals surface area contributed by atoms with Gasteiger partial charge in [-0.3, -0.25) is 4.79 Å². The van der Waals surface area contributed by atoms with Crippen LogP contribution >= 0.6 is 12.4 Å². The van der Waals surface area contributed by atoms with Crippen LogP contribution in [0.15, 0.2) is 28.8 Å². The first-order chi connectivity index (χ1) is 11.1. The first-order valence-corrected chi connectivity index (χ1v) is 7.62. The van der Waals surface area contributed by atoms with E-state index < -0.39 is 11.9 Å². The predicted octanol–water partition coefficient (Wildman–Crippen LogP) is 2.00. The van der Waals surface area contributed by atoms with E-state index in [9.17, 15) is 9.18 Å². The normalized spacial score (nSPS) is 16.6. The van der Waals surface area contributed by atoms with Gasteiger partial charge in [0, 0.05) is 18.4 Å². The standard InChI is InChI=1S/C16H19FN4O2.ClH/c1-9(11-7-18-8-11)16(22)20-14(15-19-10(2)23-21-15)12-5-3-4-6-13(12)17;/h3-6,9,11,14,18H,7-8H2,1-2H3,(H,20,22);1H. The summed E-state index contributed by atoms with van der Waals surface area (Å²) in [6.07, 6.45) is 0. The molecule has 130 valence electrons. The third-order valence-electron chi connectivity index (χ3n) is 4.24. The maximum atomic E-state index is 14.2. The molecule has 0 aliphatic carbocycles. The van der Waals surface area contributed by atoms with E-state index >= 15 is 0 Å². The second kappa shape index (κ2) is 7.72. The molecule has 1 aromatic carbocycles. The fourth-order valence-corrected chi connectivity index (χ4v) is 2.58. The lowest BCUT2D eigenvalue weighted by molar-refractivity contribution is -0.127. The summed E-state index contributed by atoms with van der Waals surface area (Å²) in [5.74, 6) is 0.180. The van der Waals surface area contributed by atoms with E-state index in [0.29, 0.717) is 17.4 Å². The Kier molecular flexibility index (Phi) is 5.90. The number of carbonyl (C=O) groups is 1. The molecule has 0 bridgehead atoms. The van der Waals surface area contributed by atoms with Crippen LogP contribution in [0.4, 0.5) is 4.39 Å². The number of hydrogen-bond donors (Lipinski definition) is 2. The Morgan fingerprint density at radius 1 is 1.42 bits per heavy atom. The third-order valence-corrected chi connectivity index (χ3v) is 4.24. The summed E-state index contributed by atoms with van der Waals surface area (Å²) in [4.78, 5) is 16.7. The summed E-state index contributed by atoms with van der Waals surface area (Å²) in [5.41, 5.74) is 0.320. The Balaban J connectivity index is 0.00000208. The van der Waals surface area contributed by atoms with Gasteiger partial charge in [0.15, 0.2) is 5.82 Å². The van der Waals surface area contributed by atoms with E-state index in [4.69, 9.17) is 4.52 Å². The second-order valence-corrected chi connectivity index (χ2v) is 5.84. The van der Waals surface area contributed by atoms with Crippen molar-refractivity contribution in [3.63, 3.8) is 0 Å². The zero-order valence-corrected chi connectivity index (χ0v) is 14.3. The van der Waals surface area contributed by atoms with Gasteiger partial charge in [-0.2, -0.15) is 4.98 Å². The molecule has 6 nitrogen and oxygen atoms in total. The van der Waals surface area contributed by atoms with Gasteiger partial charge >= 0.3 is 0 Å². The molecule has 0 saturated carbocycles. The summed E-state index contributed by atoms with van der Waals surface area (Å²) in [5, 5.41) is 9.85. The number of nitrogens with zero attached hydrogens (tertiary/aromatic N) is 2. The van der Waals surface area contributed by atoms with Crippen molar-refractivity contribution < 1.29 is 13.7 Å². The molecule has 1 amide bonds. The lowest BCUT2D eigenvalue weighted by Crippen LogP contribution is -2.50. The van der Waals surface area contributed by atoms with Gasteiger partial charge < -0.3 is 15.2 Å². The number of carbonyl (C=O) groups excluding carboxylic acids is 1. The average molecular weight is 355 g/mol. The maximum Gasteiger partial charge on any atom is 0.224 e. The summed E-state index contributed by atoms with van der Waals surface area (Å²) in [7, 11) is 0. The van der Waals surface area contributed by atoms with Crippen LogP contribution in [0.5, 0.6) is 0 Å². The monoisotopic (exact) mass is 354 g/mol. The van der Waals surface area contributed by atoms with Gasteiger partial charge in [0.1, 0.15) is 11.9 Å². The van der Waals surface area contributed by atoms with Crippen molar-refractivity contribution in [2.24, 2.45) is 11.8 Å². The number of halogens is 2. The molecule has 1 saturated heterocycles. The third kappa shape index (κ3) is 3.73. The van der Waals surface area contributed by atoms with Gasteiger partial charge in [-0.1, -0.05) is 30.3 Å². The Morgan fingerprint density at radius 2 is 2.12 bits per heavy atom. The largest absolute Gasteiger partial charge is 0.342 e. The zero-order valence-electron chi connectivity index (χ0n) is 13.5. The van der Waals surface area contributed by atoms with Crippen molar-refractivity contribution in [3.05, 3.63) is 47.4 Å². The minimum Gasteiger partial charge on any atom is -0.342 e. The molecule has 0 radical (unpaired) electrons. The Labute approximate surface area is 145 Å². The molecule has 24 heavy (non-hydrogen) atoms. The number of aromatic nitrogens is 2. The number of amides is 1. The van der Waals surface area contributed by atoms with Crippen LogP contribution in [-0.4, -0.2) is 29.1 Å². The lowest BCUT2D eigenvalue weighted by atomic mass is 9.88. The highest BCUT2D eigenvalue weighted by molar-refractivity contribution is 5.85. The summed E-state index contributed by atoms with van der Waals surface area (Å²) >= 11 is 0. The van der Waals surface area contributed by atoms with E-state index in [1.165, 1.54) is 6.07 Å². The van der Waals surface area contributed by atoms with Gasteiger partial charge in [-0.15, -0.1) is 12.4 Å². The van der Waals surface area contributed by atoms with Gasteiger partial charge in [-0.05, 0) is 25.1 Å². The van der Waals surface area contributed by atoms with Crippen molar-refractivity contribution in [2.45, 2.75) is 19.9 Å². The zero-order chi connectivity index (χ0) is 16.4. The van der Waals surface area contributed by atoms with E-state index in [0.717, 1.165) is 13.1 Å². The van der Waals surface area contributed by atoms with Gasteiger partial charge in [-0.25, -0.2) is 4.39 Å². The molecular formula is C16H20ClFN4O2. The Morgan fingerprint density at radius 3 is 2.67 bits per heavy atom. The fourth-order valence-electron chi connectivity index (χ4n) is 2.58. The molecule has 1 fully saturated rings. The summed E-state index contributed by atoms with van der Waals surface area (Å²) < 4.78 is 19.2. The predicted molar refractivity (Wildman–Crippen MR) is 88.2 cm³/mol. The molecule has 0 spiro atoms. The highest BCUT2D eigenvalue weighted by Gasteiger charge is 2.32. The van der Waals surface area contributed by atoms with Crippen LogP contribution in [0.3, 0.4) is 0 Å². The smallest absolute Gasteiger partial charge is 0.224 e. The summed E-state index contributed by atoms with van der Waals surface area (Å²) in [6, 6.07) is 5.50.